The lowest BCUT2D eigenvalue weighted by molar-refractivity contribution is 0.0266. The van der Waals surface area contributed by atoms with Gasteiger partial charge in [0, 0.05) is 71.4 Å². The maximum Gasteiger partial charge on any atom is 0.225 e. The highest BCUT2D eigenvalue weighted by Crippen LogP contribution is 2.11. The summed E-state index contributed by atoms with van der Waals surface area (Å²) in [5.41, 5.74) is 0. The zero-order chi connectivity index (χ0) is 20.9. The Morgan fingerprint density at radius 2 is 1.83 bits per heavy atom. The van der Waals surface area contributed by atoms with Crippen molar-refractivity contribution in [3.63, 3.8) is 0 Å². The average Bonchev–Trinajstić information content (AvgIpc) is 2.74. The monoisotopic (exact) mass is 533 g/mol. The van der Waals surface area contributed by atoms with Gasteiger partial charge in [-0.15, -0.1) is 24.0 Å². The summed E-state index contributed by atoms with van der Waals surface area (Å²) in [6.07, 6.45) is 4.83. The number of ether oxygens (including phenoxy) is 1. The maximum absolute atomic E-state index is 5.82. The Morgan fingerprint density at radius 1 is 1.13 bits per heavy atom. The Bertz CT molecular complexity index is 580. The van der Waals surface area contributed by atoms with E-state index in [0.29, 0.717) is 5.92 Å². The Labute approximate surface area is 199 Å². The molecule has 2 N–H and O–H groups in total. The van der Waals surface area contributed by atoms with Crippen molar-refractivity contribution >= 4 is 35.9 Å². The van der Waals surface area contributed by atoms with Gasteiger partial charge in [0.25, 0.3) is 0 Å². The Kier molecular flexibility index (Phi) is 13.9. The normalized spacial score (nSPS) is 16.3. The first-order valence-electron chi connectivity index (χ1n) is 11.0. The van der Waals surface area contributed by atoms with Gasteiger partial charge < -0.3 is 20.3 Å². The van der Waals surface area contributed by atoms with Gasteiger partial charge in [-0.25, -0.2) is 9.97 Å². The SMILES string of the molecule is CCNC(=NCCC(OCC)C(C)C)NCCN1CCN(c2ncccn2)CC1.I. The quantitative estimate of drug-likeness (QED) is 0.257. The van der Waals surface area contributed by atoms with Crippen LogP contribution in [0, 0.1) is 5.92 Å². The molecule has 9 heteroatoms. The van der Waals surface area contributed by atoms with Crippen molar-refractivity contribution in [2.75, 3.05) is 63.9 Å². The van der Waals surface area contributed by atoms with E-state index in [2.05, 4.69) is 58.1 Å². The highest BCUT2D eigenvalue weighted by molar-refractivity contribution is 14.0. The molecule has 1 aromatic rings. The van der Waals surface area contributed by atoms with E-state index in [-0.39, 0.29) is 30.1 Å². The van der Waals surface area contributed by atoms with Crippen LogP contribution in [0.3, 0.4) is 0 Å². The summed E-state index contributed by atoms with van der Waals surface area (Å²) < 4.78 is 5.82. The number of hydrogen-bond acceptors (Lipinski definition) is 6. The van der Waals surface area contributed by atoms with Crippen LogP contribution in [-0.2, 0) is 4.74 Å². The summed E-state index contributed by atoms with van der Waals surface area (Å²) in [6, 6.07) is 1.86. The summed E-state index contributed by atoms with van der Waals surface area (Å²) >= 11 is 0. The number of rotatable bonds is 11. The largest absolute Gasteiger partial charge is 0.378 e. The molecule has 172 valence electrons. The zero-order valence-electron chi connectivity index (χ0n) is 19.0. The Balaban J connectivity index is 0.00000450. The first-order valence-corrected chi connectivity index (χ1v) is 11.0. The number of piperazine rings is 1. The third-order valence-electron chi connectivity index (χ3n) is 5.08. The molecule has 1 aromatic heterocycles. The van der Waals surface area contributed by atoms with E-state index < -0.39 is 0 Å². The number of anilines is 1. The molecular weight excluding hydrogens is 493 g/mol. The van der Waals surface area contributed by atoms with Crippen molar-refractivity contribution in [1.82, 2.24) is 25.5 Å². The standard InChI is InChI=1S/C21H39N7O.HI/c1-5-22-20(23-11-8-19(18(3)4)29-6-2)24-12-13-27-14-16-28(17-15-27)21-25-9-7-10-26-21;/h7,9-10,18-19H,5-6,8,11-17H2,1-4H3,(H2,22,23,24);1H. The molecule has 30 heavy (non-hydrogen) atoms. The number of nitrogens with one attached hydrogen (secondary N) is 2. The summed E-state index contributed by atoms with van der Waals surface area (Å²) in [7, 11) is 0. The highest BCUT2D eigenvalue weighted by atomic mass is 127. The zero-order valence-corrected chi connectivity index (χ0v) is 21.3. The number of nitrogens with zero attached hydrogens (tertiary/aromatic N) is 5. The lowest BCUT2D eigenvalue weighted by atomic mass is 10.0. The number of hydrogen-bond donors (Lipinski definition) is 2. The van der Waals surface area contributed by atoms with E-state index in [4.69, 9.17) is 9.73 Å². The van der Waals surface area contributed by atoms with Crippen molar-refractivity contribution in [3.8, 4) is 0 Å². The van der Waals surface area contributed by atoms with Gasteiger partial charge >= 0.3 is 0 Å². The summed E-state index contributed by atoms with van der Waals surface area (Å²) in [4.78, 5) is 18.1. The van der Waals surface area contributed by atoms with Crippen LogP contribution in [0.5, 0.6) is 0 Å². The predicted octanol–water partition coefficient (Wildman–Crippen LogP) is 2.22. The van der Waals surface area contributed by atoms with Gasteiger partial charge in [0.2, 0.25) is 5.95 Å². The minimum Gasteiger partial charge on any atom is -0.378 e. The van der Waals surface area contributed by atoms with Gasteiger partial charge in [0.05, 0.1) is 6.10 Å². The first kappa shape index (κ1) is 26.8. The minimum atomic E-state index is 0. The minimum absolute atomic E-state index is 0. The lowest BCUT2D eigenvalue weighted by Gasteiger charge is -2.34. The molecule has 1 unspecified atom stereocenters. The van der Waals surface area contributed by atoms with Crippen LogP contribution < -0.4 is 15.5 Å². The summed E-state index contributed by atoms with van der Waals surface area (Å²) in [5, 5.41) is 6.80. The molecular formula is C21H40IN7O. The van der Waals surface area contributed by atoms with E-state index in [9.17, 15) is 0 Å². The summed E-state index contributed by atoms with van der Waals surface area (Å²) in [5.74, 6) is 2.24. The van der Waals surface area contributed by atoms with E-state index >= 15 is 0 Å². The Morgan fingerprint density at radius 3 is 2.43 bits per heavy atom. The molecule has 0 saturated carbocycles. The molecule has 0 aromatic carbocycles. The molecule has 1 atom stereocenters. The molecule has 0 bridgehead atoms. The van der Waals surface area contributed by atoms with Crippen molar-refractivity contribution in [2.24, 2.45) is 10.9 Å². The molecule has 1 aliphatic rings. The van der Waals surface area contributed by atoms with Gasteiger partial charge in [0.15, 0.2) is 5.96 Å². The van der Waals surface area contributed by atoms with E-state index in [1.54, 1.807) is 12.4 Å². The smallest absolute Gasteiger partial charge is 0.225 e. The third kappa shape index (κ3) is 9.74. The number of aromatic nitrogens is 2. The molecule has 0 radical (unpaired) electrons. The highest BCUT2D eigenvalue weighted by Gasteiger charge is 2.18. The lowest BCUT2D eigenvalue weighted by Crippen LogP contribution is -2.49. The second-order valence-corrected chi connectivity index (χ2v) is 7.59. The van der Waals surface area contributed by atoms with Crippen molar-refractivity contribution < 1.29 is 4.74 Å². The fourth-order valence-electron chi connectivity index (χ4n) is 3.43. The van der Waals surface area contributed by atoms with Gasteiger partial charge in [-0.3, -0.25) is 9.89 Å². The van der Waals surface area contributed by atoms with E-state index in [1.165, 1.54) is 0 Å². The molecule has 2 heterocycles. The third-order valence-corrected chi connectivity index (χ3v) is 5.08. The number of guanidine groups is 1. The van der Waals surface area contributed by atoms with Crippen molar-refractivity contribution in [2.45, 2.75) is 40.2 Å². The molecule has 0 aliphatic carbocycles. The van der Waals surface area contributed by atoms with Gasteiger partial charge in [0.1, 0.15) is 0 Å². The van der Waals surface area contributed by atoms with Crippen LogP contribution in [0.15, 0.2) is 23.5 Å². The molecule has 0 amide bonds. The van der Waals surface area contributed by atoms with Gasteiger partial charge in [-0.2, -0.15) is 0 Å². The van der Waals surface area contributed by atoms with Crippen LogP contribution >= 0.6 is 24.0 Å². The van der Waals surface area contributed by atoms with E-state index in [0.717, 1.165) is 77.3 Å². The molecule has 1 fully saturated rings. The van der Waals surface area contributed by atoms with Crippen LogP contribution in [-0.4, -0.2) is 85.9 Å². The Hall–Kier alpha value is -1.20. The van der Waals surface area contributed by atoms with Crippen LogP contribution in [0.25, 0.3) is 0 Å². The van der Waals surface area contributed by atoms with Crippen LogP contribution in [0.4, 0.5) is 5.95 Å². The topological polar surface area (TPSA) is 77.9 Å². The van der Waals surface area contributed by atoms with E-state index in [1.807, 2.05) is 6.07 Å². The second kappa shape index (κ2) is 15.6. The molecule has 1 aliphatic heterocycles. The fraction of sp³-hybridized carbons (Fsp3) is 0.762. The molecule has 1 saturated heterocycles. The fourth-order valence-corrected chi connectivity index (χ4v) is 3.43. The van der Waals surface area contributed by atoms with Gasteiger partial charge in [-0.1, -0.05) is 13.8 Å². The number of halogens is 1. The molecule has 2 rings (SSSR count). The molecule has 8 nitrogen and oxygen atoms in total. The predicted molar refractivity (Wildman–Crippen MR) is 135 cm³/mol. The first-order chi connectivity index (χ1) is 14.1. The van der Waals surface area contributed by atoms with Crippen LogP contribution in [0.2, 0.25) is 0 Å². The van der Waals surface area contributed by atoms with Crippen LogP contribution in [0.1, 0.15) is 34.1 Å². The number of aliphatic imine (C=N–C) groups is 1. The van der Waals surface area contributed by atoms with Crippen molar-refractivity contribution in [3.05, 3.63) is 18.5 Å². The average molecular weight is 534 g/mol. The maximum atomic E-state index is 5.82. The second-order valence-electron chi connectivity index (χ2n) is 7.59. The summed E-state index contributed by atoms with van der Waals surface area (Å²) in [6.45, 7) is 16.8. The van der Waals surface area contributed by atoms with Gasteiger partial charge in [-0.05, 0) is 32.3 Å². The van der Waals surface area contributed by atoms with Crippen molar-refractivity contribution in [1.29, 1.82) is 0 Å². The molecule has 0 spiro atoms.